The third-order valence-electron chi connectivity index (χ3n) is 3.40. The van der Waals surface area contributed by atoms with Crippen LogP contribution in [0.2, 0.25) is 0 Å². The van der Waals surface area contributed by atoms with Gasteiger partial charge in [-0.15, -0.1) is 11.3 Å². The first kappa shape index (κ1) is 14.0. The van der Waals surface area contributed by atoms with Gasteiger partial charge in [0.1, 0.15) is 6.04 Å². The van der Waals surface area contributed by atoms with E-state index in [1.807, 2.05) is 11.4 Å². The molecule has 6 heteroatoms. The lowest BCUT2D eigenvalue weighted by atomic mass is 9.87. The molecular weight excluding hydrogens is 266 g/mol. The fourth-order valence-electron chi connectivity index (χ4n) is 2.42. The summed E-state index contributed by atoms with van der Waals surface area (Å²) >= 11 is 1.65. The van der Waals surface area contributed by atoms with E-state index in [1.54, 1.807) is 11.3 Å². The van der Waals surface area contributed by atoms with Crippen molar-refractivity contribution >= 4 is 23.2 Å². The predicted molar refractivity (Wildman–Crippen MR) is 71.3 cm³/mol. The Bertz CT molecular complexity index is 471. The van der Waals surface area contributed by atoms with Gasteiger partial charge >= 0.3 is 5.97 Å². The molecule has 2 rings (SSSR count). The van der Waals surface area contributed by atoms with Gasteiger partial charge in [0.2, 0.25) is 5.91 Å². The number of hydrogen-bond donors (Lipinski definition) is 3. The highest BCUT2D eigenvalue weighted by molar-refractivity contribution is 7.10. The fraction of sp³-hybridized carbons (Fsp3) is 0.538. The fourth-order valence-corrected chi connectivity index (χ4v) is 3.41. The maximum Gasteiger partial charge on any atom is 0.326 e. The average Bonchev–Trinajstić information content (AvgIpc) is 2.85. The lowest BCUT2D eigenvalue weighted by molar-refractivity contribution is -0.142. The molecule has 0 aromatic carbocycles. The molecule has 0 fully saturated rings. The summed E-state index contributed by atoms with van der Waals surface area (Å²) in [5.74, 6) is -1.61. The Hall–Kier alpha value is -1.40. The molecule has 1 aromatic rings. The van der Waals surface area contributed by atoms with Crippen LogP contribution in [-0.2, 0) is 16.0 Å². The molecule has 2 atom stereocenters. The van der Waals surface area contributed by atoms with Gasteiger partial charge in [-0.1, -0.05) is 0 Å². The number of rotatable bonds is 5. The van der Waals surface area contributed by atoms with Crippen LogP contribution in [0.4, 0.5) is 0 Å². The van der Waals surface area contributed by atoms with Gasteiger partial charge in [-0.25, -0.2) is 4.79 Å². The smallest absolute Gasteiger partial charge is 0.326 e. The van der Waals surface area contributed by atoms with Crippen molar-refractivity contribution in [2.75, 3.05) is 6.61 Å². The van der Waals surface area contributed by atoms with Crippen LogP contribution in [0.3, 0.4) is 0 Å². The van der Waals surface area contributed by atoms with Gasteiger partial charge < -0.3 is 15.5 Å². The molecule has 3 N–H and O–H groups in total. The molecule has 0 spiro atoms. The summed E-state index contributed by atoms with van der Waals surface area (Å²) in [5, 5.41) is 22.3. The summed E-state index contributed by atoms with van der Waals surface area (Å²) in [6.07, 6.45) is 2.73. The van der Waals surface area contributed by atoms with Gasteiger partial charge in [0.15, 0.2) is 0 Å². The molecule has 0 aliphatic heterocycles. The van der Waals surface area contributed by atoms with E-state index in [-0.39, 0.29) is 24.9 Å². The van der Waals surface area contributed by atoms with Crippen molar-refractivity contribution in [2.45, 2.75) is 37.6 Å². The van der Waals surface area contributed by atoms with Crippen LogP contribution in [0.5, 0.6) is 0 Å². The molecule has 0 saturated heterocycles. The molecule has 0 saturated carbocycles. The van der Waals surface area contributed by atoms with Crippen molar-refractivity contribution in [2.24, 2.45) is 0 Å². The molecule has 104 valence electrons. The zero-order chi connectivity index (χ0) is 13.8. The maximum atomic E-state index is 12.2. The highest BCUT2D eigenvalue weighted by Crippen LogP contribution is 2.35. The van der Waals surface area contributed by atoms with Crippen molar-refractivity contribution in [1.82, 2.24) is 5.32 Å². The second-order valence-corrected chi connectivity index (χ2v) is 5.66. The number of hydrogen-bond acceptors (Lipinski definition) is 4. The van der Waals surface area contributed by atoms with Crippen molar-refractivity contribution in [3.63, 3.8) is 0 Å². The number of fused-ring (bicyclic) bond motifs is 1. The number of carbonyl (C=O) groups excluding carboxylic acids is 1. The van der Waals surface area contributed by atoms with Crippen LogP contribution in [-0.4, -0.2) is 34.7 Å². The summed E-state index contributed by atoms with van der Waals surface area (Å²) in [6.45, 7) is -0.258. The Labute approximate surface area is 115 Å². The van der Waals surface area contributed by atoms with Crippen molar-refractivity contribution in [3.8, 4) is 0 Å². The third kappa shape index (κ3) is 3.13. The monoisotopic (exact) mass is 283 g/mol. The van der Waals surface area contributed by atoms with Crippen LogP contribution in [0.1, 0.15) is 35.6 Å². The van der Waals surface area contributed by atoms with E-state index in [2.05, 4.69) is 5.32 Å². The lowest BCUT2D eigenvalue weighted by Gasteiger charge is -2.23. The summed E-state index contributed by atoms with van der Waals surface area (Å²) in [5.41, 5.74) is 1.03. The number of carboxylic acid groups (broad SMARTS) is 1. The first-order valence-corrected chi connectivity index (χ1v) is 7.21. The van der Waals surface area contributed by atoms with E-state index in [1.165, 1.54) is 4.88 Å². The number of aliphatic hydroxyl groups is 1. The Morgan fingerprint density at radius 2 is 2.32 bits per heavy atom. The van der Waals surface area contributed by atoms with E-state index >= 15 is 0 Å². The Balaban J connectivity index is 2.07. The number of carbonyl (C=O) groups is 2. The summed E-state index contributed by atoms with van der Waals surface area (Å²) < 4.78 is 0. The second-order valence-electron chi connectivity index (χ2n) is 4.66. The first-order chi connectivity index (χ1) is 9.13. The van der Waals surface area contributed by atoms with E-state index in [0.29, 0.717) is 0 Å². The Morgan fingerprint density at radius 3 is 3.00 bits per heavy atom. The molecule has 0 bridgehead atoms. The van der Waals surface area contributed by atoms with Crippen LogP contribution in [0, 0.1) is 0 Å². The molecule has 1 aliphatic carbocycles. The quantitative estimate of drug-likeness (QED) is 0.756. The molecule has 1 aromatic heterocycles. The predicted octanol–water partition coefficient (Wildman–Crippen LogP) is 1.12. The third-order valence-corrected chi connectivity index (χ3v) is 4.40. The highest BCUT2D eigenvalue weighted by Gasteiger charge is 2.30. The first-order valence-electron chi connectivity index (χ1n) is 6.33. The molecule has 1 amide bonds. The zero-order valence-corrected chi connectivity index (χ0v) is 11.3. The topological polar surface area (TPSA) is 86.6 Å². The van der Waals surface area contributed by atoms with Crippen LogP contribution in [0.25, 0.3) is 0 Å². The minimum Gasteiger partial charge on any atom is -0.480 e. The maximum absolute atomic E-state index is 12.2. The molecule has 1 heterocycles. The molecule has 2 unspecified atom stereocenters. The van der Waals surface area contributed by atoms with Crippen LogP contribution in [0.15, 0.2) is 11.4 Å². The number of carboxylic acids is 1. The van der Waals surface area contributed by atoms with Gasteiger partial charge in [-0.3, -0.25) is 4.79 Å². The summed E-state index contributed by atoms with van der Waals surface area (Å²) in [7, 11) is 0. The van der Waals surface area contributed by atoms with E-state index in [9.17, 15) is 9.59 Å². The normalized spacial score (nSPS) is 19.5. The largest absolute Gasteiger partial charge is 0.480 e. The SMILES string of the molecule is O=C(O)C(CCO)NC(=O)C1CCCc2sccc21. The lowest BCUT2D eigenvalue weighted by Crippen LogP contribution is -2.44. The average molecular weight is 283 g/mol. The summed E-state index contributed by atoms with van der Waals surface area (Å²) in [6, 6.07) is 0.937. The van der Waals surface area contributed by atoms with E-state index < -0.39 is 12.0 Å². The summed E-state index contributed by atoms with van der Waals surface area (Å²) in [4.78, 5) is 24.4. The Kier molecular flexibility index (Phi) is 4.55. The van der Waals surface area contributed by atoms with Crippen molar-refractivity contribution in [1.29, 1.82) is 0 Å². The minimum absolute atomic E-state index is 0.0320. The number of aliphatic hydroxyl groups excluding tert-OH is 1. The molecule has 0 radical (unpaired) electrons. The van der Waals surface area contributed by atoms with Gasteiger partial charge in [0.25, 0.3) is 0 Å². The number of aryl methyl sites for hydroxylation is 1. The molecule has 5 nitrogen and oxygen atoms in total. The molecule has 1 aliphatic rings. The van der Waals surface area contributed by atoms with E-state index in [4.69, 9.17) is 10.2 Å². The van der Waals surface area contributed by atoms with Crippen LogP contribution >= 0.6 is 11.3 Å². The van der Waals surface area contributed by atoms with Crippen molar-refractivity contribution < 1.29 is 19.8 Å². The molecular formula is C13H17NO4S. The van der Waals surface area contributed by atoms with Crippen molar-refractivity contribution in [3.05, 3.63) is 21.9 Å². The van der Waals surface area contributed by atoms with Gasteiger partial charge in [0, 0.05) is 17.9 Å². The van der Waals surface area contributed by atoms with Gasteiger partial charge in [0.05, 0.1) is 5.92 Å². The minimum atomic E-state index is -1.11. The second kappa shape index (κ2) is 6.16. The number of amides is 1. The number of nitrogens with one attached hydrogen (secondary N) is 1. The highest BCUT2D eigenvalue weighted by atomic mass is 32.1. The standard InChI is InChI=1S/C13H17NO4S/c15-6-4-10(13(17)18)14-12(16)9-2-1-3-11-8(9)5-7-19-11/h5,7,9-10,15H,1-4,6H2,(H,14,16)(H,17,18). The Morgan fingerprint density at radius 1 is 1.53 bits per heavy atom. The number of aliphatic carboxylic acids is 1. The van der Waals surface area contributed by atoms with Crippen LogP contribution < -0.4 is 5.32 Å². The van der Waals surface area contributed by atoms with E-state index in [0.717, 1.165) is 24.8 Å². The molecule has 19 heavy (non-hydrogen) atoms. The number of thiophene rings is 1. The van der Waals surface area contributed by atoms with Gasteiger partial charge in [-0.05, 0) is 36.3 Å². The van der Waals surface area contributed by atoms with Gasteiger partial charge in [-0.2, -0.15) is 0 Å². The zero-order valence-electron chi connectivity index (χ0n) is 10.5.